The van der Waals surface area contributed by atoms with Gasteiger partial charge in [0.1, 0.15) is 0 Å². The Morgan fingerprint density at radius 2 is 2.25 bits per heavy atom. The zero-order valence-corrected chi connectivity index (χ0v) is 6.37. The van der Waals surface area contributed by atoms with Gasteiger partial charge in [-0.3, -0.25) is 19.7 Å². The van der Waals surface area contributed by atoms with E-state index in [0.29, 0.717) is 0 Å². The summed E-state index contributed by atoms with van der Waals surface area (Å²) in [7, 11) is 0. The van der Waals surface area contributed by atoms with Crippen LogP contribution in [0, 0.1) is 5.92 Å². The van der Waals surface area contributed by atoms with Crippen LogP contribution >= 0.6 is 0 Å². The molecule has 1 rings (SSSR count). The second kappa shape index (κ2) is 3.34. The molecule has 66 valence electrons. The van der Waals surface area contributed by atoms with Gasteiger partial charge in [-0.25, -0.2) is 0 Å². The maximum absolute atomic E-state index is 10.9. The zero-order valence-electron chi connectivity index (χ0n) is 6.37. The lowest BCUT2D eigenvalue weighted by atomic mass is 10.0. The van der Waals surface area contributed by atoms with Crippen molar-refractivity contribution in [3.63, 3.8) is 0 Å². The van der Waals surface area contributed by atoms with Crippen molar-refractivity contribution in [2.45, 2.75) is 19.3 Å². The van der Waals surface area contributed by atoms with Crippen LogP contribution in [0.15, 0.2) is 0 Å². The quantitative estimate of drug-likeness (QED) is 0.561. The third kappa shape index (κ3) is 2.05. The number of carboxylic acids is 1. The van der Waals surface area contributed by atoms with Crippen LogP contribution in [0.3, 0.4) is 0 Å². The smallest absolute Gasteiger partial charge is 0.303 e. The first-order valence-corrected chi connectivity index (χ1v) is 3.65. The Labute approximate surface area is 68.8 Å². The fourth-order valence-corrected chi connectivity index (χ4v) is 1.14. The van der Waals surface area contributed by atoms with Crippen LogP contribution in [-0.2, 0) is 14.4 Å². The molecule has 2 amide bonds. The van der Waals surface area contributed by atoms with E-state index in [1.165, 1.54) is 0 Å². The van der Waals surface area contributed by atoms with Gasteiger partial charge >= 0.3 is 5.97 Å². The number of carboxylic acid groups (broad SMARTS) is 1. The molecule has 2 N–H and O–H groups in total. The van der Waals surface area contributed by atoms with Crippen molar-refractivity contribution in [2.75, 3.05) is 0 Å². The molecule has 0 aromatic carbocycles. The van der Waals surface area contributed by atoms with E-state index in [0.717, 1.165) is 0 Å². The van der Waals surface area contributed by atoms with Crippen molar-refractivity contribution >= 4 is 17.8 Å². The fourth-order valence-electron chi connectivity index (χ4n) is 1.14. The van der Waals surface area contributed by atoms with Crippen LogP contribution < -0.4 is 5.32 Å². The highest BCUT2D eigenvalue weighted by atomic mass is 16.4. The molecule has 0 aliphatic carbocycles. The fraction of sp³-hybridized carbons (Fsp3) is 0.571. The van der Waals surface area contributed by atoms with Crippen LogP contribution in [0.25, 0.3) is 0 Å². The Morgan fingerprint density at radius 1 is 1.58 bits per heavy atom. The maximum atomic E-state index is 10.9. The van der Waals surface area contributed by atoms with Gasteiger partial charge in [0.05, 0.1) is 0 Å². The Hall–Kier alpha value is -1.39. The topological polar surface area (TPSA) is 83.5 Å². The molecule has 0 aromatic rings. The number of rotatable bonds is 3. The van der Waals surface area contributed by atoms with E-state index < -0.39 is 11.9 Å². The van der Waals surface area contributed by atoms with E-state index in [-0.39, 0.29) is 31.1 Å². The summed E-state index contributed by atoms with van der Waals surface area (Å²) in [6.45, 7) is 0. The predicted octanol–water partition coefficient (Wildman–Crippen LogP) is -0.486. The molecule has 0 unspecified atom stereocenters. The van der Waals surface area contributed by atoms with Gasteiger partial charge < -0.3 is 5.11 Å². The summed E-state index contributed by atoms with van der Waals surface area (Å²) in [6.07, 6.45) is 0.310. The Balaban J connectivity index is 2.38. The first kappa shape index (κ1) is 8.70. The molecule has 0 spiro atoms. The normalized spacial score (nSPS) is 22.5. The highest BCUT2D eigenvalue weighted by Crippen LogP contribution is 2.16. The molecule has 0 radical (unpaired) electrons. The van der Waals surface area contributed by atoms with Gasteiger partial charge in [-0.05, 0) is 6.42 Å². The van der Waals surface area contributed by atoms with Crippen LogP contribution in [0.5, 0.6) is 0 Å². The van der Waals surface area contributed by atoms with Crippen LogP contribution in [0.2, 0.25) is 0 Å². The Morgan fingerprint density at radius 3 is 2.67 bits per heavy atom. The lowest BCUT2D eigenvalue weighted by Gasteiger charge is -2.00. The number of hydrogen-bond donors (Lipinski definition) is 2. The minimum atomic E-state index is -0.942. The molecule has 5 heteroatoms. The van der Waals surface area contributed by atoms with Gasteiger partial charge in [0.15, 0.2) is 0 Å². The molecular formula is C7H9NO4. The van der Waals surface area contributed by atoms with E-state index >= 15 is 0 Å². The third-order valence-electron chi connectivity index (χ3n) is 1.77. The summed E-state index contributed by atoms with van der Waals surface area (Å²) in [5.74, 6) is -2.03. The summed E-state index contributed by atoms with van der Waals surface area (Å²) in [5.41, 5.74) is 0. The Kier molecular flexibility index (Phi) is 2.42. The first-order valence-electron chi connectivity index (χ1n) is 3.65. The van der Waals surface area contributed by atoms with E-state index in [2.05, 4.69) is 5.32 Å². The highest BCUT2D eigenvalue weighted by molar-refractivity contribution is 6.03. The number of hydrogen-bond acceptors (Lipinski definition) is 3. The monoisotopic (exact) mass is 171 g/mol. The second-order valence-electron chi connectivity index (χ2n) is 2.75. The van der Waals surface area contributed by atoms with E-state index in [1.54, 1.807) is 0 Å². The van der Waals surface area contributed by atoms with E-state index in [4.69, 9.17) is 5.11 Å². The lowest BCUT2D eigenvalue weighted by molar-refractivity contribution is -0.137. The molecule has 0 aromatic heterocycles. The average Bonchev–Trinajstić information content (AvgIpc) is 2.26. The van der Waals surface area contributed by atoms with Crippen LogP contribution in [0.4, 0.5) is 0 Å². The third-order valence-corrected chi connectivity index (χ3v) is 1.77. The summed E-state index contributed by atoms with van der Waals surface area (Å²) < 4.78 is 0. The summed E-state index contributed by atoms with van der Waals surface area (Å²) in [5, 5.41) is 10.4. The van der Waals surface area contributed by atoms with Gasteiger partial charge in [0.25, 0.3) is 0 Å². The minimum Gasteiger partial charge on any atom is -0.481 e. The first-order chi connectivity index (χ1) is 5.59. The van der Waals surface area contributed by atoms with E-state index in [1.807, 2.05) is 0 Å². The molecule has 0 bridgehead atoms. The largest absolute Gasteiger partial charge is 0.481 e. The van der Waals surface area contributed by atoms with Crippen molar-refractivity contribution in [1.29, 1.82) is 0 Å². The number of amides is 2. The summed E-state index contributed by atoms with van der Waals surface area (Å²) >= 11 is 0. The van der Waals surface area contributed by atoms with Gasteiger partial charge in [-0.15, -0.1) is 0 Å². The van der Waals surface area contributed by atoms with Crippen molar-refractivity contribution < 1.29 is 19.5 Å². The molecule has 1 atom stereocenters. The van der Waals surface area contributed by atoms with Crippen molar-refractivity contribution in [3.8, 4) is 0 Å². The number of carbonyl (C=O) groups excluding carboxylic acids is 2. The van der Waals surface area contributed by atoms with Gasteiger partial charge in [-0.1, -0.05) is 0 Å². The van der Waals surface area contributed by atoms with E-state index in [9.17, 15) is 14.4 Å². The SMILES string of the molecule is O=C(O)CC[C@H]1CC(=O)NC1=O. The Bertz CT molecular complexity index is 236. The van der Waals surface area contributed by atoms with Crippen molar-refractivity contribution in [1.82, 2.24) is 5.32 Å². The molecule has 1 aliphatic heterocycles. The minimum absolute atomic E-state index is 0.0641. The van der Waals surface area contributed by atoms with Crippen molar-refractivity contribution in [2.24, 2.45) is 5.92 Å². The zero-order chi connectivity index (χ0) is 9.14. The molecule has 1 fully saturated rings. The number of nitrogens with one attached hydrogen (secondary N) is 1. The number of carbonyl (C=O) groups is 3. The molecule has 1 aliphatic rings. The standard InChI is InChI=1S/C7H9NO4/c9-5-3-4(7(12)8-5)1-2-6(10)11/h4H,1-3H2,(H,10,11)(H,8,9,12)/t4-/m0/s1. The molecule has 5 nitrogen and oxygen atoms in total. The van der Waals surface area contributed by atoms with Gasteiger partial charge in [0.2, 0.25) is 11.8 Å². The molecule has 1 saturated heterocycles. The van der Waals surface area contributed by atoms with Gasteiger partial charge in [-0.2, -0.15) is 0 Å². The van der Waals surface area contributed by atoms with Crippen LogP contribution in [0.1, 0.15) is 19.3 Å². The summed E-state index contributed by atoms with van der Waals surface area (Å²) in [6, 6.07) is 0. The molecule has 0 saturated carbocycles. The number of imide groups is 1. The summed E-state index contributed by atoms with van der Waals surface area (Å²) in [4.78, 5) is 31.6. The average molecular weight is 171 g/mol. The molecular weight excluding hydrogens is 162 g/mol. The van der Waals surface area contributed by atoms with Gasteiger partial charge in [0, 0.05) is 18.8 Å². The molecule has 12 heavy (non-hydrogen) atoms. The second-order valence-corrected chi connectivity index (χ2v) is 2.75. The predicted molar refractivity (Wildman–Crippen MR) is 38.1 cm³/mol. The van der Waals surface area contributed by atoms with Crippen LogP contribution in [-0.4, -0.2) is 22.9 Å². The number of aliphatic carboxylic acids is 1. The van der Waals surface area contributed by atoms with Crippen molar-refractivity contribution in [3.05, 3.63) is 0 Å². The molecule has 1 heterocycles. The lowest BCUT2D eigenvalue weighted by Crippen LogP contribution is -2.22. The maximum Gasteiger partial charge on any atom is 0.303 e. The highest BCUT2D eigenvalue weighted by Gasteiger charge is 2.30.